The molecule has 1 aromatic rings. The van der Waals surface area contributed by atoms with Crippen LogP contribution < -0.4 is 5.43 Å². The van der Waals surface area contributed by atoms with Gasteiger partial charge in [0.2, 0.25) is 11.0 Å². The van der Waals surface area contributed by atoms with E-state index in [2.05, 4.69) is 15.4 Å². The van der Waals surface area contributed by atoms with E-state index in [4.69, 9.17) is 11.6 Å². The number of nitrogens with zero attached hydrogens (tertiary/aromatic N) is 4. The van der Waals surface area contributed by atoms with Gasteiger partial charge in [0.15, 0.2) is 0 Å². The zero-order chi connectivity index (χ0) is 10.7. The van der Waals surface area contributed by atoms with Gasteiger partial charge in [0.1, 0.15) is 6.33 Å². The number of hydrogen-bond acceptors (Lipinski definition) is 6. The summed E-state index contributed by atoms with van der Waals surface area (Å²) in [5, 5.41) is 11.9. The molecule has 1 N–H and O–H groups in total. The smallest absolute Gasteiger partial charge is 0.298 e. The minimum Gasteiger partial charge on any atom is -0.298 e. The first-order valence-corrected chi connectivity index (χ1v) is 3.99. The lowest BCUT2D eigenvalue weighted by Gasteiger charge is -2.11. The monoisotopic (exact) mass is 217 g/mol. The van der Waals surface area contributed by atoms with Gasteiger partial charge in [0.25, 0.3) is 0 Å². The Bertz CT molecular complexity index is 356. The van der Waals surface area contributed by atoms with Gasteiger partial charge in [-0.1, -0.05) is 11.6 Å². The van der Waals surface area contributed by atoms with Crippen LogP contribution in [0.25, 0.3) is 0 Å². The molecule has 76 valence electrons. The SMILES string of the molecule is CN(C)Nc1ncnc(Cl)c1[N+](=O)[O-]. The van der Waals surface area contributed by atoms with Gasteiger partial charge < -0.3 is 0 Å². The van der Waals surface area contributed by atoms with Gasteiger partial charge in [-0.2, -0.15) is 0 Å². The third-order valence-corrected chi connectivity index (χ3v) is 1.57. The second-order valence-electron chi connectivity index (χ2n) is 2.63. The van der Waals surface area contributed by atoms with Crippen molar-refractivity contribution < 1.29 is 4.92 Å². The Kier molecular flexibility index (Phi) is 3.15. The lowest BCUT2D eigenvalue weighted by atomic mass is 10.5. The molecule has 0 saturated heterocycles. The summed E-state index contributed by atoms with van der Waals surface area (Å²) in [6, 6.07) is 0. The maximum atomic E-state index is 10.6. The number of hydrogen-bond donors (Lipinski definition) is 1. The zero-order valence-electron chi connectivity index (χ0n) is 7.56. The predicted molar refractivity (Wildman–Crippen MR) is 51.0 cm³/mol. The summed E-state index contributed by atoms with van der Waals surface area (Å²) in [4.78, 5) is 17.2. The Morgan fingerprint density at radius 1 is 1.57 bits per heavy atom. The molecular weight excluding hydrogens is 210 g/mol. The third kappa shape index (κ3) is 2.27. The summed E-state index contributed by atoms with van der Waals surface area (Å²) in [5.74, 6) is 0.0694. The van der Waals surface area contributed by atoms with Crippen LogP contribution in [0.3, 0.4) is 0 Å². The van der Waals surface area contributed by atoms with Crippen molar-refractivity contribution in [3.8, 4) is 0 Å². The standard InChI is InChI=1S/C6H8ClN5O2/c1-11(2)10-6-4(12(13)14)5(7)8-3-9-6/h3H,1-2H3,(H,8,9,10). The topological polar surface area (TPSA) is 84.2 Å². The highest BCUT2D eigenvalue weighted by molar-refractivity contribution is 6.31. The minimum atomic E-state index is -0.631. The highest BCUT2D eigenvalue weighted by Crippen LogP contribution is 2.27. The van der Waals surface area contributed by atoms with Crippen LogP contribution in [0.15, 0.2) is 6.33 Å². The Hall–Kier alpha value is -1.47. The van der Waals surface area contributed by atoms with Crippen molar-refractivity contribution in [3.05, 3.63) is 21.6 Å². The van der Waals surface area contributed by atoms with Gasteiger partial charge in [0, 0.05) is 14.1 Å². The molecule has 1 aromatic heterocycles. The first-order valence-electron chi connectivity index (χ1n) is 3.61. The zero-order valence-corrected chi connectivity index (χ0v) is 8.32. The van der Waals surface area contributed by atoms with E-state index < -0.39 is 4.92 Å². The fourth-order valence-electron chi connectivity index (χ4n) is 0.813. The van der Waals surface area contributed by atoms with E-state index in [0.29, 0.717) is 0 Å². The molecule has 0 amide bonds. The fourth-order valence-corrected chi connectivity index (χ4v) is 1.01. The van der Waals surface area contributed by atoms with Gasteiger partial charge >= 0.3 is 5.69 Å². The van der Waals surface area contributed by atoms with E-state index in [-0.39, 0.29) is 16.7 Å². The van der Waals surface area contributed by atoms with Crippen LogP contribution in [0.4, 0.5) is 11.5 Å². The first kappa shape index (κ1) is 10.6. The van der Waals surface area contributed by atoms with Crippen molar-refractivity contribution in [2.75, 3.05) is 19.5 Å². The van der Waals surface area contributed by atoms with Crippen LogP contribution >= 0.6 is 11.6 Å². The average molecular weight is 218 g/mol. The Morgan fingerprint density at radius 2 is 2.21 bits per heavy atom. The van der Waals surface area contributed by atoms with Crippen LogP contribution in [-0.4, -0.2) is 34.0 Å². The lowest BCUT2D eigenvalue weighted by molar-refractivity contribution is -0.384. The quantitative estimate of drug-likeness (QED) is 0.461. The van der Waals surface area contributed by atoms with Crippen LogP contribution in [0.5, 0.6) is 0 Å². The van der Waals surface area contributed by atoms with E-state index in [9.17, 15) is 10.1 Å². The van der Waals surface area contributed by atoms with Gasteiger partial charge in [-0.25, -0.2) is 15.0 Å². The molecule has 0 saturated carbocycles. The molecule has 14 heavy (non-hydrogen) atoms. The van der Waals surface area contributed by atoms with E-state index in [0.717, 1.165) is 6.33 Å². The summed E-state index contributed by atoms with van der Waals surface area (Å²) in [5.41, 5.74) is 2.32. The highest BCUT2D eigenvalue weighted by atomic mass is 35.5. The molecular formula is C6H8ClN5O2. The van der Waals surface area contributed by atoms with Crippen molar-refractivity contribution in [2.45, 2.75) is 0 Å². The van der Waals surface area contributed by atoms with Gasteiger partial charge in [-0.05, 0) is 0 Å². The molecule has 0 aliphatic carbocycles. The third-order valence-electron chi connectivity index (χ3n) is 1.29. The molecule has 8 heteroatoms. The Balaban J connectivity index is 3.14. The van der Waals surface area contributed by atoms with E-state index >= 15 is 0 Å². The van der Waals surface area contributed by atoms with Crippen molar-refractivity contribution in [1.82, 2.24) is 15.0 Å². The normalized spacial score (nSPS) is 10.3. The van der Waals surface area contributed by atoms with E-state index in [1.54, 1.807) is 14.1 Å². The molecule has 0 spiro atoms. The largest absolute Gasteiger partial charge is 0.349 e. The molecule has 7 nitrogen and oxygen atoms in total. The molecule has 0 unspecified atom stereocenters. The average Bonchev–Trinajstić information content (AvgIpc) is 2.01. The molecule has 0 atom stereocenters. The maximum Gasteiger partial charge on any atom is 0.349 e. The van der Waals surface area contributed by atoms with Gasteiger partial charge in [0.05, 0.1) is 4.92 Å². The van der Waals surface area contributed by atoms with Gasteiger partial charge in [-0.3, -0.25) is 15.5 Å². The van der Waals surface area contributed by atoms with Gasteiger partial charge in [-0.15, -0.1) is 0 Å². The summed E-state index contributed by atoms with van der Waals surface area (Å²) >= 11 is 5.56. The number of hydrazine groups is 1. The molecule has 0 aliphatic heterocycles. The molecule has 1 rings (SSSR count). The number of anilines is 1. The summed E-state index contributed by atoms with van der Waals surface area (Å²) < 4.78 is 0. The number of halogens is 1. The minimum absolute atomic E-state index is 0.0694. The number of aromatic nitrogens is 2. The number of rotatable bonds is 3. The second kappa shape index (κ2) is 4.16. The lowest BCUT2D eigenvalue weighted by Crippen LogP contribution is -2.21. The Morgan fingerprint density at radius 3 is 2.71 bits per heavy atom. The molecule has 1 heterocycles. The van der Waals surface area contributed by atoms with Crippen LogP contribution in [0.1, 0.15) is 0 Å². The highest BCUT2D eigenvalue weighted by Gasteiger charge is 2.21. The van der Waals surface area contributed by atoms with Crippen molar-refractivity contribution in [2.24, 2.45) is 0 Å². The van der Waals surface area contributed by atoms with Crippen molar-refractivity contribution in [1.29, 1.82) is 0 Å². The molecule has 0 fully saturated rings. The van der Waals surface area contributed by atoms with Crippen molar-refractivity contribution in [3.63, 3.8) is 0 Å². The summed E-state index contributed by atoms with van der Waals surface area (Å²) in [6.45, 7) is 0. The van der Waals surface area contributed by atoms with Crippen molar-refractivity contribution >= 4 is 23.1 Å². The fraction of sp³-hybridized carbons (Fsp3) is 0.333. The molecule has 0 bridgehead atoms. The number of nitro groups is 1. The summed E-state index contributed by atoms with van der Waals surface area (Å²) in [7, 11) is 3.36. The van der Waals surface area contributed by atoms with Crippen LogP contribution in [-0.2, 0) is 0 Å². The number of nitrogens with one attached hydrogen (secondary N) is 1. The van der Waals surface area contributed by atoms with E-state index in [1.807, 2.05) is 0 Å². The molecule has 0 aromatic carbocycles. The molecule has 0 aliphatic rings. The molecule has 0 radical (unpaired) electrons. The predicted octanol–water partition coefficient (Wildman–Crippen LogP) is 0.927. The van der Waals surface area contributed by atoms with Crippen LogP contribution in [0, 0.1) is 10.1 Å². The second-order valence-corrected chi connectivity index (χ2v) is 2.98. The summed E-state index contributed by atoms with van der Waals surface area (Å²) in [6.07, 6.45) is 1.15. The van der Waals surface area contributed by atoms with Crippen LogP contribution in [0.2, 0.25) is 5.15 Å². The maximum absolute atomic E-state index is 10.6. The Labute approximate surface area is 84.8 Å². The first-order chi connectivity index (χ1) is 6.52. The van der Waals surface area contributed by atoms with E-state index in [1.165, 1.54) is 5.01 Å².